The molecule has 0 aliphatic carbocycles. The molecule has 0 bridgehead atoms. The number of aryl methyl sites for hydroxylation is 2. The van der Waals surface area contributed by atoms with Crippen molar-refractivity contribution in [2.75, 3.05) is 5.75 Å². The molecule has 3 rings (SSSR count). The molecule has 2 heterocycles. The van der Waals surface area contributed by atoms with Gasteiger partial charge < -0.3 is 9.84 Å². The average Bonchev–Trinajstić information content (AvgIpc) is 2.76. The van der Waals surface area contributed by atoms with Crippen LogP contribution in [0.4, 0.5) is 4.39 Å². The van der Waals surface area contributed by atoms with Crippen LogP contribution in [0.25, 0.3) is 0 Å². The predicted molar refractivity (Wildman–Crippen MR) is 77.3 cm³/mol. The number of benzene rings is 1. The van der Waals surface area contributed by atoms with Crippen molar-refractivity contribution in [2.24, 2.45) is 0 Å². The number of nitrogens with zero attached hydrogens (tertiary/aromatic N) is 1. The van der Waals surface area contributed by atoms with Crippen LogP contribution in [0.15, 0.2) is 27.6 Å². The van der Waals surface area contributed by atoms with E-state index in [1.165, 1.54) is 6.07 Å². The van der Waals surface area contributed by atoms with Gasteiger partial charge in [0.05, 0.1) is 5.69 Å². The van der Waals surface area contributed by atoms with Gasteiger partial charge in [0, 0.05) is 23.0 Å². The second-order valence-corrected chi connectivity index (χ2v) is 6.14. The highest BCUT2D eigenvalue weighted by Gasteiger charge is 2.23. The largest absolute Gasteiger partial charge is 0.361 e. The van der Waals surface area contributed by atoms with Crippen LogP contribution in [0.5, 0.6) is 0 Å². The molecule has 1 aromatic carbocycles. The molecule has 106 valence electrons. The van der Waals surface area contributed by atoms with E-state index in [9.17, 15) is 4.39 Å². The molecule has 1 aliphatic rings. The highest BCUT2D eigenvalue weighted by Crippen LogP contribution is 2.37. The third-order valence-corrected chi connectivity index (χ3v) is 4.89. The molecule has 5 heteroatoms. The summed E-state index contributed by atoms with van der Waals surface area (Å²) in [6.45, 7) is 4.56. The van der Waals surface area contributed by atoms with Gasteiger partial charge in [-0.05, 0) is 37.7 Å². The van der Waals surface area contributed by atoms with Crippen molar-refractivity contribution in [1.29, 1.82) is 0 Å². The lowest BCUT2D eigenvalue weighted by atomic mass is 10.0. The van der Waals surface area contributed by atoms with Crippen molar-refractivity contribution in [3.05, 3.63) is 46.6 Å². The Balaban J connectivity index is 1.79. The molecular formula is C15H17FN2OS. The number of nitrogens with one attached hydrogen (secondary N) is 1. The van der Waals surface area contributed by atoms with E-state index >= 15 is 0 Å². The monoisotopic (exact) mass is 292 g/mol. The Labute approximate surface area is 121 Å². The molecule has 1 aromatic heterocycles. The van der Waals surface area contributed by atoms with Crippen LogP contribution in [0.1, 0.15) is 35.0 Å². The SMILES string of the molecule is Cc1noc(C)c1CN[C@@H]1CCSc2c(F)cccc21. The maximum absolute atomic E-state index is 13.8. The van der Waals surface area contributed by atoms with Crippen molar-refractivity contribution < 1.29 is 8.91 Å². The number of fused-ring (bicyclic) bond motifs is 1. The summed E-state index contributed by atoms with van der Waals surface area (Å²) in [5.74, 6) is 1.67. The topological polar surface area (TPSA) is 38.1 Å². The lowest BCUT2D eigenvalue weighted by Gasteiger charge is -2.26. The molecular weight excluding hydrogens is 275 g/mol. The third-order valence-electron chi connectivity index (χ3n) is 3.73. The van der Waals surface area contributed by atoms with E-state index in [2.05, 4.69) is 10.5 Å². The average molecular weight is 292 g/mol. The van der Waals surface area contributed by atoms with Crippen LogP contribution >= 0.6 is 11.8 Å². The Morgan fingerprint density at radius 2 is 2.30 bits per heavy atom. The van der Waals surface area contributed by atoms with Crippen molar-refractivity contribution in [1.82, 2.24) is 10.5 Å². The number of aromatic nitrogens is 1. The first kappa shape index (κ1) is 13.6. The first-order chi connectivity index (χ1) is 9.66. The number of hydrogen-bond acceptors (Lipinski definition) is 4. The lowest BCUT2D eigenvalue weighted by molar-refractivity contribution is 0.391. The van der Waals surface area contributed by atoms with E-state index in [1.807, 2.05) is 19.9 Å². The Hall–Kier alpha value is -1.33. The maximum Gasteiger partial charge on any atom is 0.138 e. The third kappa shape index (κ3) is 2.47. The van der Waals surface area contributed by atoms with E-state index in [-0.39, 0.29) is 11.9 Å². The van der Waals surface area contributed by atoms with Gasteiger partial charge in [-0.15, -0.1) is 11.8 Å². The first-order valence-corrected chi connectivity index (χ1v) is 7.71. The van der Waals surface area contributed by atoms with Crippen LogP contribution in [0.2, 0.25) is 0 Å². The molecule has 3 nitrogen and oxygen atoms in total. The van der Waals surface area contributed by atoms with Crippen LogP contribution in [0.3, 0.4) is 0 Å². The summed E-state index contributed by atoms with van der Waals surface area (Å²) < 4.78 is 19.0. The predicted octanol–water partition coefficient (Wildman–Crippen LogP) is 3.76. The summed E-state index contributed by atoms with van der Waals surface area (Å²) >= 11 is 1.60. The van der Waals surface area contributed by atoms with E-state index < -0.39 is 0 Å². The fourth-order valence-corrected chi connectivity index (χ4v) is 3.72. The van der Waals surface area contributed by atoms with Gasteiger partial charge in [-0.25, -0.2) is 4.39 Å². The standard InChI is InChI=1S/C15H17FN2OS/c1-9-12(10(2)19-18-9)8-17-14-6-7-20-15-11(14)4-3-5-13(15)16/h3-5,14,17H,6-8H2,1-2H3/t14-/m1/s1. The molecule has 1 N–H and O–H groups in total. The molecule has 0 spiro atoms. The van der Waals surface area contributed by atoms with Gasteiger partial charge in [0.25, 0.3) is 0 Å². The quantitative estimate of drug-likeness (QED) is 0.935. The first-order valence-electron chi connectivity index (χ1n) is 6.73. The summed E-state index contributed by atoms with van der Waals surface area (Å²) in [5, 5.41) is 7.47. The van der Waals surface area contributed by atoms with E-state index in [1.54, 1.807) is 17.8 Å². The van der Waals surface area contributed by atoms with E-state index in [4.69, 9.17) is 4.52 Å². The fraction of sp³-hybridized carbons (Fsp3) is 0.400. The summed E-state index contributed by atoms with van der Waals surface area (Å²) in [6, 6.07) is 5.51. The zero-order chi connectivity index (χ0) is 14.1. The van der Waals surface area contributed by atoms with Crippen molar-refractivity contribution in [3.63, 3.8) is 0 Å². The fourth-order valence-electron chi connectivity index (χ4n) is 2.58. The van der Waals surface area contributed by atoms with Crippen LogP contribution in [-0.2, 0) is 6.54 Å². The maximum atomic E-state index is 13.8. The molecule has 20 heavy (non-hydrogen) atoms. The molecule has 1 aliphatic heterocycles. The zero-order valence-electron chi connectivity index (χ0n) is 11.6. The molecule has 0 saturated carbocycles. The highest BCUT2D eigenvalue weighted by atomic mass is 32.2. The molecule has 0 saturated heterocycles. The summed E-state index contributed by atoms with van der Waals surface area (Å²) in [5.41, 5.74) is 3.08. The summed E-state index contributed by atoms with van der Waals surface area (Å²) in [4.78, 5) is 0.787. The van der Waals surface area contributed by atoms with Gasteiger partial charge in [-0.1, -0.05) is 17.3 Å². The number of hydrogen-bond donors (Lipinski definition) is 1. The summed E-state index contributed by atoms with van der Waals surface area (Å²) in [7, 11) is 0. The molecule has 2 aromatic rings. The Bertz CT molecular complexity index is 607. The van der Waals surface area contributed by atoms with Gasteiger partial charge >= 0.3 is 0 Å². The van der Waals surface area contributed by atoms with Gasteiger partial charge in [-0.2, -0.15) is 0 Å². The van der Waals surface area contributed by atoms with Gasteiger partial charge in [0.15, 0.2) is 0 Å². The van der Waals surface area contributed by atoms with E-state index in [0.29, 0.717) is 6.54 Å². The Kier molecular flexibility index (Phi) is 3.81. The van der Waals surface area contributed by atoms with Gasteiger partial charge in [0.1, 0.15) is 11.6 Å². The van der Waals surface area contributed by atoms with Crippen molar-refractivity contribution in [3.8, 4) is 0 Å². The molecule has 0 radical (unpaired) electrons. The van der Waals surface area contributed by atoms with Crippen molar-refractivity contribution in [2.45, 2.75) is 37.8 Å². The number of rotatable bonds is 3. The zero-order valence-corrected chi connectivity index (χ0v) is 12.4. The van der Waals surface area contributed by atoms with Gasteiger partial charge in [0.2, 0.25) is 0 Å². The molecule has 0 unspecified atom stereocenters. The Morgan fingerprint density at radius 3 is 3.05 bits per heavy atom. The molecule has 0 amide bonds. The highest BCUT2D eigenvalue weighted by molar-refractivity contribution is 7.99. The van der Waals surface area contributed by atoms with E-state index in [0.717, 1.165) is 39.7 Å². The number of halogens is 1. The second-order valence-electron chi connectivity index (χ2n) is 5.03. The number of thioether (sulfide) groups is 1. The molecule has 1 atom stereocenters. The minimum Gasteiger partial charge on any atom is -0.361 e. The van der Waals surface area contributed by atoms with Crippen molar-refractivity contribution >= 4 is 11.8 Å². The van der Waals surface area contributed by atoms with Crippen LogP contribution in [-0.4, -0.2) is 10.9 Å². The smallest absolute Gasteiger partial charge is 0.138 e. The summed E-state index contributed by atoms with van der Waals surface area (Å²) in [6.07, 6.45) is 1.00. The Morgan fingerprint density at radius 1 is 1.45 bits per heavy atom. The lowest BCUT2D eigenvalue weighted by Crippen LogP contribution is -2.25. The second kappa shape index (κ2) is 5.58. The van der Waals surface area contributed by atoms with Crippen LogP contribution in [0, 0.1) is 19.7 Å². The normalized spacial score (nSPS) is 18.1. The molecule has 0 fully saturated rings. The minimum atomic E-state index is -0.115. The minimum absolute atomic E-state index is 0.115. The van der Waals surface area contributed by atoms with Crippen LogP contribution < -0.4 is 5.32 Å². The van der Waals surface area contributed by atoms with Gasteiger partial charge in [-0.3, -0.25) is 0 Å².